The third kappa shape index (κ3) is 6.65. The largest absolute Gasteiger partial charge is 0.484 e. The van der Waals surface area contributed by atoms with Gasteiger partial charge in [0, 0.05) is 22.2 Å². The summed E-state index contributed by atoms with van der Waals surface area (Å²) in [7, 11) is 0. The lowest BCUT2D eigenvalue weighted by Gasteiger charge is -2.06. The predicted octanol–water partition coefficient (Wildman–Crippen LogP) is 3.46. The van der Waals surface area contributed by atoms with Gasteiger partial charge < -0.3 is 14.5 Å². The van der Waals surface area contributed by atoms with Crippen molar-refractivity contribution < 1.29 is 23.7 Å². The molecule has 1 heterocycles. The van der Waals surface area contributed by atoms with Crippen LogP contribution in [0.2, 0.25) is 5.02 Å². The maximum absolute atomic E-state index is 11.8. The van der Waals surface area contributed by atoms with Gasteiger partial charge in [0.15, 0.2) is 6.61 Å². The Bertz CT molecular complexity index is 1190. The Balaban J connectivity index is 1.46. The smallest absolute Gasteiger partial charge is 0.273 e. The van der Waals surface area contributed by atoms with Gasteiger partial charge >= 0.3 is 0 Å². The van der Waals surface area contributed by atoms with E-state index in [2.05, 4.69) is 15.8 Å². The number of carbonyl (C=O) groups is 2. The van der Waals surface area contributed by atoms with Crippen molar-refractivity contribution in [2.24, 2.45) is 5.10 Å². The van der Waals surface area contributed by atoms with Crippen LogP contribution in [0.3, 0.4) is 0 Å². The number of nitrogens with one attached hydrogen (secondary N) is 2. The number of halogens is 1. The molecule has 11 heteroatoms. The normalized spacial score (nSPS) is 10.7. The van der Waals surface area contributed by atoms with Crippen LogP contribution in [0.5, 0.6) is 5.75 Å². The Morgan fingerprint density at radius 3 is 2.64 bits per heavy atom. The molecule has 0 atom stereocenters. The number of carbonyl (C=O) groups excluding carboxylic acids is 2. The third-order valence-electron chi connectivity index (χ3n) is 4.40. The summed E-state index contributed by atoms with van der Waals surface area (Å²) in [5.74, 6) is 0.203. The topological polar surface area (TPSA) is 136 Å². The fourth-order valence-corrected chi connectivity index (χ4v) is 2.90. The molecular weight excluding hydrogens is 452 g/mol. The first-order chi connectivity index (χ1) is 15.8. The van der Waals surface area contributed by atoms with Gasteiger partial charge in [-0.2, -0.15) is 5.10 Å². The van der Waals surface area contributed by atoms with Crippen LogP contribution < -0.4 is 15.5 Å². The number of nitro benzene ring substituents is 1. The molecule has 0 fully saturated rings. The lowest BCUT2D eigenvalue weighted by Crippen LogP contribution is -2.37. The molecule has 0 saturated carbocycles. The minimum atomic E-state index is -0.549. The summed E-state index contributed by atoms with van der Waals surface area (Å²) in [6.07, 6.45) is 1.28. The second-order valence-electron chi connectivity index (χ2n) is 6.72. The first-order valence-electron chi connectivity index (χ1n) is 9.64. The summed E-state index contributed by atoms with van der Waals surface area (Å²) in [5.41, 5.74) is 3.31. The van der Waals surface area contributed by atoms with E-state index in [0.717, 1.165) is 0 Å². The van der Waals surface area contributed by atoms with Gasteiger partial charge in [-0.1, -0.05) is 23.7 Å². The molecule has 3 rings (SSSR count). The van der Waals surface area contributed by atoms with Crippen molar-refractivity contribution in [3.05, 3.63) is 81.1 Å². The summed E-state index contributed by atoms with van der Waals surface area (Å²) in [6, 6.07) is 14.5. The van der Waals surface area contributed by atoms with Crippen LogP contribution in [0.1, 0.15) is 11.3 Å². The van der Waals surface area contributed by atoms with Crippen molar-refractivity contribution in [1.29, 1.82) is 0 Å². The number of amides is 2. The summed E-state index contributed by atoms with van der Waals surface area (Å²) < 4.78 is 10.9. The number of hydrogen-bond acceptors (Lipinski definition) is 7. The Morgan fingerprint density at radius 2 is 1.91 bits per heavy atom. The molecule has 2 aromatic carbocycles. The zero-order chi connectivity index (χ0) is 23.8. The zero-order valence-corrected chi connectivity index (χ0v) is 18.2. The number of furan rings is 1. The van der Waals surface area contributed by atoms with Crippen LogP contribution in [0.25, 0.3) is 11.3 Å². The molecule has 2 N–H and O–H groups in total. The quantitative estimate of drug-likeness (QED) is 0.279. The standard InChI is InChI=1S/C22H19ClN4O6/c1-14-18(3-2-4-19(14)27(30)31)20-10-9-17(33-20)11-25-26-21(28)12-24-22(29)13-32-16-7-5-15(23)6-8-16/h2-11H,12-13H2,1H3,(H,24,29)(H,26,28)/b25-11-. The van der Waals surface area contributed by atoms with Crippen LogP contribution in [0, 0.1) is 17.0 Å². The van der Waals surface area contributed by atoms with Gasteiger partial charge in [-0.05, 0) is 43.3 Å². The average Bonchev–Trinajstić information content (AvgIpc) is 3.26. The van der Waals surface area contributed by atoms with E-state index in [1.165, 1.54) is 12.3 Å². The number of nitro groups is 1. The molecule has 2 amide bonds. The van der Waals surface area contributed by atoms with Gasteiger partial charge in [-0.3, -0.25) is 19.7 Å². The second-order valence-corrected chi connectivity index (χ2v) is 7.16. The maximum atomic E-state index is 11.8. The van der Waals surface area contributed by atoms with Crippen LogP contribution in [-0.4, -0.2) is 36.1 Å². The molecule has 0 unspecified atom stereocenters. The molecule has 170 valence electrons. The lowest BCUT2D eigenvalue weighted by atomic mass is 10.1. The van der Waals surface area contributed by atoms with Crippen LogP contribution >= 0.6 is 11.6 Å². The van der Waals surface area contributed by atoms with E-state index in [1.807, 2.05) is 0 Å². The van der Waals surface area contributed by atoms with Gasteiger partial charge in [0.05, 0.1) is 17.7 Å². The summed E-state index contributed by atoms with van der Waals surface area (Å²) in [4.78, 5) is 34.3. The summed E-state index contributed by atoms with van der Waals surface area (Å²) in [5, 5.41) is 17.8. The number of nitrogens with zero attached hydrogens (tertiary/aromatic N) is 2. The highest BCUT2D eigenvalue weighted by Gasteiger charge is 2.16. The van der Waals surface area contributed by atoms with E-state index in [1.54, 1.807) is 55.5 Å². The fraction of sp³-hybridized carbons (Fsp3) is 0.136. The van der Waals surface area contributed by atoms with Crippen molar-refractivity contribution in [3.63, 3.8) is 0 Å². The predicted molar refractivity (Wildman–Crippen MR) is 121 cm³/mol. The van der Waals surface area contributed by atoms with Crippen LogP contribution in [0.15, 0.2) is 64.1 Å². The van der Waals surface area contributed by atoms with Crippen molar-refractivity contribution in [1.82, 2.24) is 10.7 Å². The first-order valence-corrected chi connectivity index (χ1v) is 10.0. The SMILES string of the molecule is Cc1c(-c2ccc(/C=N\NC(=O)CNC(=O)COc3ccc(Cl)cc3)o2)cccc1[N+](=O)[O-]. The molecule has 0 spiro atoms. The Hall–Kier alpha value is -4.18. The number of rotatable bonds is 9. The molecule has 33 heavy (non-hydrogen) atoms. The number of benzene rings is 2. The molecular formula is C22H19ClN4O6. The van der Waals surface area contributed by atoms with Gasteiger partial charge in [0.25, 0.3) is 17.5 Å². The monoisotopic (exact) mass is 470 g/mol. The lowest BCUT2D eigenvalue weighted by molar-refractivity contribution is -0.385. The van der Waals surface area contributed by atoms with E-state index in [0.29, 0.717) is 33.4 Å². The molecule has 0 aliphatic rings. The fourth-order valence-electron chi connectivity index (χ4n) is 2.77. The highest BCUT2D eigenvalue weighted by Crippen LogP contribution is 2.30. The van der Waals surface area contributed by atoms with Crippen molar-refractivity contribution in [2.75, 3.05) is 13.2 Å². The highest BCUT2D eigenvalue weighted by atomic mass is 35.5. The number of hydrazone groups is 1. The second kappa shape index (κ2) is 10.9. The van der Waals surface area contributed by atoms with Crippen LogP contribution in [-0.2, 0) is 9.59 Å². The Kier molecular flexibility index (Phi) is 7.77. The van der Waals surface area contributed by atoms with E-state index in [4.69, 9.17) is 20.8 Å². The summed E-state index contributed by atoms with van der Waals surface area (Å²) >= 11 is 5.77. The highest BCUT2D eigenvalue weighted by molar-refractivity contribution is 6.30. The number of hydrogen-bond donors (Lipinski definition) is 2. The molecule has 0 radical (unpaired) electrons. The number of ether oxygens (including phenoxy) is 1. The molecule has 0 aliphatic heterocycles. The molecule has 0 saturated heterocycles. The van der Waals surface area contributed by atoms with Crippen molar-refractivity contribution in [2.45, 2.75) is 6.92 Å². The molecule has 1 aromatic heterocycles. The maximum Gasteiger partial charge on any atom is 0.273 e. The van der Waals surface area contributed by atoms with Gasteiger partial charge in [0.1, 0.15) is 17.3 Å². The van der Waals surface area contributed by atoms with E-state index in [-0.39, 0.29) is 18.8 Å². The van der Waals surface area contributed by atoms with Crippen molar-refractivity contribution in [3.8, 4) is 17.1 Å². The van der Waals surface area contributed by atoms with E-state index in [9.17, 15) is 19.7 Å². The molecule has 0 bridgehead atoms. The van der Waals surface area contributed by atoms with E-state index >= 15 is 0 Å². The average molecular weight is 471 g/mol. The van der Waals surface area contributed by atoms with Gasteiger partial charge in [-0.25, -0.2) is 5.43 Å². The summed E-state index contributed by atoms with van der Waals surface area (Å²) in [6.45, 7) is 1.08. The minimum Gasteiger partial charge on any atom is -0.484 e. The first kappa shape index (κ1) is 23.5. The third-order valence-corrected chi connectivity index (χ3v) is 4.66. The molecule has 10 nitrogen and oxygen atoms in total. The van der Waals surface area contributed by atoms with Crippen LogP contribution in [0.4, 0.5) is 5.69 Å². The zero-order valence-electron chi connectivity index (χ0n) is 17.4. The van der Waals surface area contributed by atoms with Gasteiger partial charge in [-0.15, -0.1) is 0 Å². The van der Waals surface area contributed by atoms with Gasteiger partial charge in [0.2, 0.25) is 0 Å². The van der Waals surface area contributed by atoms with Crippen molar-refractivity contribution >= 4 is 35.3 Å². The minimum absolute atomic E-state index is 0.00741. The van der Waals surface area contributed by atoms with E-state index < -0.39 is 16.7 Å². The Morgan fingerprint density at radius 1 is 1.15 bits per heavy atom. The molecule has 3 aromatic rings. The Labute approximate surface area is 193 Å². The molecule has 0 aliphatic carbocycles.